The molecular weight excluding hydrogens is 640 g/mol. The fourth-order valence-electron chi connectivity index (χ4n) is 5.40. The molecule has 5 rings (SSSR count). The second-order valence-corrected chi connectivity index (χ2v) is 13.4. The number of rotatable bonds is 14. The van der Waals surface area contributed by atoms with Gasteiger partial charge in [-0.2, -0.15) is 4.39 Å². The minimum absolute atomic E-state index is 0.218. The van der Waals surface area contributed by atoms with Crippen LogP contribution in [-0.4, -0.2) is 62.5 Å². The SMILES string of the molecule is Cc1csc(CN(C)C(=O)c2cc(C(=O)N[C@@H](Cc3ccccc3)[C@H](O)CNCc3cncc(C(C)C)c3)cc(-c3ccc(F)nc3)c2)n1. The van der Waals surface area contributed by atoms with Gasteiger partial charge in [-0.25, -0.2) is 9.97 Å². The number of nitrogens with one attached hydrogen (secondary N) is 2. The van der Waals surface area contributed by atoms with Crippen molar-refractivity contribution in [3.63, 3.8) is 0 Å². The fraction of sp³-hybridized carbons (Fsp3) is 0.289. The summed E-state index contributed by atoms with van der Waals surface area (Å²) < 4.78 is 13.7. The summed E-state index contributed by atoms with van der Waals surface area (Å²) in [4.78, 5) is 41.8. The second-order valence-electron chi connectivity index (χ2n) is 12.5. The third kappa shape index (κ3) is 9.85. The molecule has 11 heteroatoms. The summed E-state index contributed by atoms with van der Waals surface area (Å²) in [6.45, 7) is 7.15. The molecule has 3 aromatic heterocycles. The number of aromatic nitrogens is 3. The number of pyridine rings is 2. The number of carbonyl (C=O) groups is 2. The highest BCUT2D eigenvalue weighted by Crippen LogP contribution is 2.24. The molecule has 5 aromatic rings. The topological polar surface area (TPSA) is 120 Å². The van der Waals surface area contributed by atoms with Crippen LogP contribution in [0, 0.1) is 12.9 Å². The minimum Gasteiger partial charge on any atom is -0.390 e. The summed E-state index contributed by atoms with van der Waals surface area (Å²) in [5.41, 5.74) is 5.54. The number of halogens is 1. The van der Waals surface area contributed by atoms with Crippen molar-refractivity contribution in [1.29, 1.82) is 0 Å². The van der Waals surface area contributed by atoms with E-state index in [1.165, 1.54) is 23.6 Å². The average molecular weight is 681 g/mol. The molecule has 9 nitrogen and oxygen atoms in total. The molecule has 2 aromatic carbocycles. The van der Waals surface area contributed by atoms with Crippen LogP contribution < -0.4 is 10.6 Å². The molecule has 254 valence electrons. The van der Waals surface area contributed by atoms with Crippen molar-refractivity contribution < 1.29 is 19.1 Å². The van der Waals surface area contributed by atoms with Crippen molar-refractivity contribution in [2.45, 2.75) is 58.3 Å². The van der Waals surface area contributed by atoms with E-state index in [0.717, 1.165) is 27.4 Å². The lowest BCUT2D eigenvalue weighted by molar-refractivity contribution is 0.0784. The van der Waals surface area contributed by atoms with Crippen molar-refractivity contribution in [2.24, 2.45) is 0 Å². The number of aliphatic hydroxyl groups excluding tert-OH is 1. The number of amides is 2. The lowest BCUT2D eigenvalue weighted by atomic mass is 9.98. The van der Waals surface area contributed by atoms with Crippen LogP contribution in [0.25, 0.3) is 11.1 Å². The van der Waals surface area contributed by atoms with E-state index in [9.17, 15) is 19.1 Å². The van der Waals surface area contributed by atoms with Crippen LogP contribution in [0.5, 0.6) is 0 Å². The van der Waals surface area contributed by atoms with E-state index in [4.69, 9.17) is 0 Å². The number of aryl methyl sites for hydroxylation is 1. The fourth-order valence-corrected chi connectivity index (χ4v) is 6.22. The smallest absolute Gasteiger partial charge is 0.254 e. The summed E-state index contributed by atoms with van der Waals surface area (Å²) in [6, 6.07) is 18.7. The highest BCUT2D eigenvalue weighted by atomic mass is 32.1. The number of thiazole rings is 1. The Morgan fingerprint density at radius 3 is 2.43 bits per heavy atom. The molecule has 0 spiro atoms. The minimum atomic E-state index is -0.941. The average Bonchev–Trinajstić information content (AvgIpc) is 3.52. The zero-order chi connectivity index (χ0) is 34.9. The Kier molecular flexibility index (Phi) is 12.0. The Bertz CT molecular complexity index is 1870. The van der Waals surface area contributed by atoms with Crippen molar-refractivity contribution in [2.75, 3.05) is 13.6 Å². The van der Waals surface area contributed by atoms with E-state index in [2.05, 4.69) is 45.5 Å². The maximum Gasteiger partial charge on any atom is 0.254 e. The van der Waals surface area contributed by atoms with Crippen LogP contribution in [0.4, 0.5) is 4.39 Å². The lowest BCUT2D eigenvalue weighted by Crippen LogP contribution is -2.48. The number of nitrogens with zero attached hydrogens (tertiary/aromatic N) is 4. The largest absolute Gasteiger partial charge is 0.390 e. The molecule has 3 heterocycles. The summed E-state index contributed by atoms with van der Waals surface area (Å²) in [6.07, 6.45) is 4.46. The van der Waals surface area contributed by atoms with Crippen LogP contribution >= 0.6 is 11.3 Å². The maximum absolute atomic E-state index is 14.0. The van der Waals surface area contributed by atoms with Gasteiger partial charge in [-0.05, 0) is 71.8 Å². The highest BCUT2D eigenvalue weighted by molar-refractivity contribution is 7.09. The monoisotopic (exact) mass is 680 g/mol. The Balaban J connectivity index is 1.38. The van der Waals surface area contributed by atoms with Crippen LogP contribution in [-0.2, 0) is 19.5 Å². The van der Waals surface area contributed by atoms with Crippen molar-refractivity contribution in [3.8, 4) is 11.1 Å². The standard InChI is InChI=1S/C38H41FN6O3S/c1-24(2)32-12-27(17-40-19-32)18-41-21-34(46)33(13-26-8-6-5-7-9-26)44-37(47)30-14-29(28-10-11-35(39)42-20-28)15-31(16-30)38(48)45(4)22-36-43-25(3)23-49-36/h5-12,14-17,19-20,23-24,33-34,41,46H,13,18,21-22H2,1-4H3,(H,44,47)/t33-,34+/m0/s1. The van der Waals surface area contributed by atoms with Crippen LogP contribution in [0.1, 0.15) is 67.9 Å². The van der Waals surface area contributed by atoms with E-state index in [0.29, 0.717) is 36.6 Å². The first-order valence-electron chi connectivity index (χ1n) is 16.2. The van der Waals surface area contributed by atoms with Gasteiger partial charge >= 0.3 is 0 Å². The molecular formula is C38H41FN6O3S. The first kappa shape index (κ1) is 35.5. The van der Waals surface area contributed by atoms with Crippen molar-refractivity contribution in [3.05, 3.63) is 135 Å². The predicted molar refractivity (Wildman–Crippen MR) is 190 cm³/mol. The third-order valence-electron chi connectivity index (χ3n) is 8.13. The number of benzene rings is 2. The molecule has 0 aliphatic carbocycles. The number of carbonyl (C=O) groups excluding carboxylic acids is 2. The van der Waals surface area contributed by atoms with Crippen LogP contribution in [0.15, 0.2) is 90.7 Å². The quantitative estimate of drug-likeness (QED) is 0.124. The summed E-state index contributed by atoms with van der Waals surface area (Å²) in [5.74, 6) is -1.06. The third-order valence-corrected chi connectivity index (χ3v) is 9.08. The molecule has 2 atom stereocenters. The Morgan fingerprint density at radius 2 is 1.73 bits per heavy atom. The lowest BCUT2D eigenvalue weighted by Gasteiger charge is -2.25. The Hall–Kier alpha value is -4.84. The second kappa shape index (κ2) is 16.5. The number of hydrogen-bond acceptors (Lipinski definition) is 8. The van der Waals surface area contributed by atoms with Crippen LogP contribution in [0.3, 0.4) is 0 Å². The molecule has 3 N–H and O–H groups in total. The molecule has 2 amide bonds. The van der Waals surface area contributed by atoms with E-state index < -0.39 is 24.0 Å². The van der Waals surface area contributed by atoms with Gasteiger partial charge in [0.2, 0.25) is 5.95 Å². The van der Waals surface area contributed by atoms with E-state index in [1.807, 2.05) is 48.8 Å². The van der Waals surface area contributed by atoms with E-state index in [-0.39, 0.29) is 23.6 Å². The van der Waals surface area contributed by atoms with Gasteiger partial charge in [0.05, 0.1) is 18.7 Å². The van der Waals surface area contributed by atoms with Gasteiger partial charge in [0.15, 0.2) is 0 Å². The normalized spacial score (nSPS) is 12.5. The van der Waals surface area contributed by atoms with E-state index >= 15 is 0 Å². The highest BCUT2D eigenvalue weighted by Gasteiger charge is 2.24. The van der Waals surface area contributed by atoms with Gasteiger partial charge in [0.1, 0.15) is 5.01 Å². The molecule has 0 aliphatic heterocycles. The van der Waals surface area contributed by atoms with Gasteiger partial charge in [-0.3, -0.25) is 14.6 Å². The number of aliphatic hydroxyl groups is 1. The molecule has 0 fully saturated rings. The van der Waals surface area contributed by atoms with Crippen molar-refractivity contribution >= 4 is 23.2 Å². The molecule has 0 saturated heterocycles. The van der Waals surface area contributed by atoms with Gasteiger partial charge in [0, 0.05) is 66.5 Å². The zero-order valence-electron chi connectivity index (χ0n) is 28.1. The first-order valence-corrected chi connectivity index (χ1v) is 17.0. The molecule has 0 bridgehead atoms. The Labute approximate surface area is 290 Å². The van der Waals surface area contributed by atoms with Gasteiger partial charge in [0.25, 0.3) is 11.8 Å². The zero-order valence-corrected chi connectivity index (χ0v) is 28.9. The van der Waals surface area contributed by atoms with Gasteiger partial charge in [-0.15, -0.1) is 11.3 Å². The van der Waals surface area contributed by atoms with E-state index in [1.54, 1.807) is 42.4 Å². The molecule has 0 aliphatic rings. The summed E-state index contributed by atoms with van der Waals surface area (Å²) in [7, 11) is 1.68. The predicted octanol–water partition coefficient (Wildman–Crippen LogP) is 5.94. The number of hydrogen-bond donors (Lipinski definition) is 3. The Morgan fingerprint density at radius 1 is 0.959 bits per heavy atom. The van der Waals surface area contributed by atoms with Gasteiger partial charge in [-0.1, -0.05) is 50.2 Å². The molecule has 0 radical (unpaired) electrons. The molecule has 0 unspecified atom stereocenters. The van der Waals surface area contributed by atoms with Crippen LogP contribution in [0.2, 0.25) is 0 Å². The molecule has 49 heavy (non-hydrogen) atoms. The first-order chi connectivity index (χ1) is 23.5. The van der Waals surface area contributed by atoms with Gasteiger partial charge < -0.3 is 20.6 Å². The summed E-state index contributed by atoms with van der Waals surface area (Å²) >= 11 is 1.47. The van der Waals surface area contributed by atoms with Crippen molar-refractivity contribution in [1.82, 2.24) is 30.5 Å². The summed E-state index contributed by atoms with van der Waals surface area (Å²) in [5, 5.41) is 20.5. The molecule has 0 saturated carbocycles. The maximum atomic E-state index is 14.0.